The number of hydrogen-bond acceptors (Lipinski definition) is 3. The van der Waals surface area contributed by atoms with Crippen LogP contribution in [0.2, 0.25) is 0 Å². The average Bonchev–Trinajstić information content (AvgIpc) is 2.46. The van der Waals surface area contributed by atoms with Crippen molar-refractivity contribution in [2.45, 2.75) is 13.2 Å². The van der Waals surface area contributed by atoms with Crippen LogP contribution in [-0.2, 0) is 13.2 Å². The molecule has 0 radical (unpaired) electrons. The molecule has 0 atom stereocenters. The van der Waals surface area contributed by atoms with Crippen molar-refractivity contribution >= 4 is 15.9 Å². The molecular weight excluding hydrogens is 304 g/mol. The van der Waals surface area contributed by atoms with E-state index in [9.17, 15) is 0 Å². The van der Waals surface area contributed by atoms with Crippen LogP contribution < -0.4 is 10.5 Å². The Balaban J connectivity index is 2.17. The van der Waals surface area contributed by atoms with Gasteiger partial charge in [-0.25, -0.2) is 0 Å². The van der Waals surface area contributed by atoms with E-state index in [1.807, 2.05) is 36.4 Å². The predicted molar refractivity (Wildman–Crippen MR) is 77.5 cm³/mol. The van der Waals surface area contributed by atoms with Crippen LogP contribution in [0.25, 0.3) is 0 Å². The number of nitrogens with two attached hydrogens (primary N) is 1. The first-order chi connectivity index (χ1) is 9.24. The van der Waals surface area contributed by atoms with Gasteiger partial charge in [0.2, 0.25) is 0 Å². The summed E-state index contributed by atoms with van der Waals surface area (Å²) >= 11 is 3.46. The highest BCUT2D eigenvalue weighted by molar-refractivity contribution is 9.10. The number of nitrogens with zero attached hydrogens (tertiary/aromatic N) is 1. The SMILES string of the molecule is N#Cc1cccc(COc2c(Br)cccc2CN)c1. The normalized spacial score (nSPS) is 9.95. The monoisotopic (exact) mass is 316 g/mol. The van der Waals surface area contributed by atoms with Gasteiger partial charge in [-0.3, -0.25) is 0 Å². The maximum atomic E-state index is 8.86. The third-order valence-corrected chi connectivity index (χ3v) is 3.33. The van der Waals surface area contributed by atoms with E-state index < -0.39 is 0 Å². The van der Waals surface area contributed by atoms with E-state index in [4.69, 9.17) is 15.7 Å². The van der Waals surface area contributed by atoms with Crippen LogP contribution in [0.15, 0.2) is 46.9 Å². The molecule has 3 nitrogen and oxygen atoms in total. The van der Waals surface area contributed by atoms with Gasteiger partial charge in [0.15, 0.2) is 0 Å². The molecule has 0 saturated heterocycles. The fraction of sp³-hybridized carbons (Fsp3) is 0.133. The summed E-state index contributed by atoms with van der Waals surface area (Å²) in [6.07, 6.45) is 0. The average molecular weight is 317 g/mol. The Morgan fingerprint density at radius 3 is 2.74 bits per heavy atom. The van der Waals surface area contributed by atoms with Gasteiger partial charge in [-0.1, -0.05) is 24.3 Å². The van der Waals surface area contributed by atoms with Gasteiger partial charge >= 0.3 is 0 Å². The van der Waals surface area contributed by atoms with Crippen LogP contribution in [0.5, 0.6) is 5.75 Å². The summed E-state index contributed by atoms with van der Waals surface area (Å²) in [6.45, 7) is 0.831. The van der Waals surface area contributed by atoms with Crippen molar-refractivity contribution in [3.63, 3.8) is 0 Å². The van der Waals surface area contributed by atoms with E-state index in [1.165, 1.54) is 0 Å². The summed E-state index contributed by atoms with van der Waals surface area (Å²) in [5, 5.41) is 8.86. The smallest absolute Gasteiger partial charge is 0.138 e. The molecule has 2 aromatic rings. The van der Waals surface area contributed by atoms with E-state index >= 15 is 0 Å². The zero-order valence-corrected chi connectivity index (χ0v) is 11.9. The van der Waals surface area contributed by atoms with E-state index in [-0.39, 0.29) is 0 Å². The highest BCUT2D eigenvalue weighted by atomic mass is 79.9. The van der Waals surface area contributed by atoms with Crippen molar-refractivity contribution in [1.29, 1.82) is 5.26 Å². The second-order valence-corrected chi connectivity index (χ2v) is 4.89. The standard InChI is InChI=1S/C15H13BrN2O/c16-14-6-2-5-13(9-18)15(14)19-10-12-4-1-3-11(7-12)8-17/h1-7H,9-10,18H2. The number of ether oxygens (including phenoxy) is 1. The molecule has 0 aliphatic rings. The second-order valence-electron chi connectivity index (χ2n) is 4.03. The molecule has 2 rings (SSSR count). The van der Waals surface area contributed by atoms with Crippen LogP contribution in [-0.4, -0.2) is 0 Å². The molecule has 0 saturated carbocycles. The third-order valence-electron chi connectivity index (χ3n) is 2.71. The molecule has 96 valence electrons. The third kappa shape index (κ3) is 3.34. The zero-order valence-electron chi connectivity index (χ0n) is 10.3. The minimum Gasteiger partial charge on any atom is -0.487 e. The summed E-state index contributed by atoms with van der Waals surface area (Å²) in [5.41, 5.74) is 8.23. The predicted octanol–water partition coefficient (Wildman–Crippen LogP) is 3.36. The Kier molecular flexibility index (Phi) is 4.56. The molecule has 2 aromatic carbocycles. The van der Waals surface area contributed by atoms with Crippen molar-refractivity contribution < 1.29 is 4.74 Å². The molecular formula is C15H13BrN2O. The fourth-order valence-electron chi connectivity index (χ4n) is 1.76. The lowest BCUT2D eigenvalue weighted by molar-refractivity contribution is 0.301. The summed E-state index contributed by atoms with van der Waals surface area (Å²) in [5.74, 6) is 0.757. The van der Waals surface area contributed by atoms with Gasteiger partial charge in [0.1, 0.15) is 12.4 Å². The molecule has 2 N–H and O–H groups in total. The largest absolute Gasteiger partial charge is 0.487 e. The first kappa shape index (κ1) is 13.6. The summed E-state index contributed by atoms with van der Waals surface area (Å²) in [6, 6.07) is 15.3. The van der Waals surface area contributed by atoms with E-state index in [0.717, 1.165) is 21.3 Å². The first-order valence-corrected chi connectivity index (χ1v) is 6.63. The zero-order chi connectivity index (χ0) is 13.7. The number of hydrogen-bond donors (Lipinski definition) is 1. The molecule has 19 heavy (non-hydrogen) atoms. The van der Waals surface area contributed by atoms with Crippen LogP contribution in [0.1, 0.15) is 16.7 Å². The van der Waals surface area contributed by atoms with Gasteiger partial charge in [0.05, 0.1) is 16.1 Å². The Labute approximate surface area is 120 Å². The van der Waals surface area contributed by atoms with Gasteiger partial charge in [-0.2, -0.15) is 5.26 Å². The number of para-hydroxylation sites is 1. The highest BCUT2D eigenvalue weighted by Gasteiger charge is 2.07. The first-order valence-electron chi connectivity index (χ1n) is 5.84. The Hall–Kier alpha value is -1.83. The van der Waals surface area contributed by atoms with Gasteiger partial charge in [-0.15, -0.1) is 0 Å². The summed E-state index contributed by atoms with van der Waals surface area (Å²) in [4.78, 5) is 0. The molecule has 0 spiro atoms. The Morgan fingerprint density at radius 2 is 2.00 bits per heavy atom. The van der Waals surface area contributed by atoms with Gasteiger partial charge in [-0.05, 0) is 39.7 Å². The van der Waals surface area contributed by atoms with Gasteiger partial charge < -0.3 is 10.5 Å². The topological polar surface area (TPSA) is 59.0 Å². The quantitative estimate of drug-likeness (QED) is 0.940. The molecule has 0 heterocycles. The fourth-order valence-corrected chi connectivity index (χ4v) is 2.28. The van der Waals surface area contributed by atoms with E-state index in [0.29, 0.717) is 18.7 Å². The minimum atomic E-state index is 0.408. The van der Waals surface area contributed by atoms with Gasteiger partial charge in [0.25, 0.3) is 0 Å². The molecule has 0 fully saturated rings. The number of benzene rings is 2. The van der Waals surface area contributed by atoms with Gasteiger partial charge in [0, 0.05) is 12.1 Å². The molecule has 0 aliphatic heterocycles. The van der Waals surface area contributed by atoms with Crippen LogP contribution >= 0.6 is 15.9 Å². The Bertz CT molecular complexity index is 620. The molecule has 0 aliphatic carbocycles. The van der Waals surface area contributed by atoms with Crippen LogP contribution in [0.3, 0.4) is 0 Å². The molecule has 0 bridgehead atoms. The number of nitriles is 1. The number of halogens is 1. The minimum absolute atomic E-state index is 0.408. The van der Waals surface area contributed by atoms with Crippen molar-refractivity contribution in [2.75, 3.05) is 0 Å². The lowest BCUT2D eigenvalue weighted by Gasteiger charge is -2.12. The summed E-state index contributed by atoms with van der Waals surface area (Å²) < 4.78 is 6.69. The highest BCUT2D eigenvalue weighted by Crippen LogP contribution is 2.29. The lowest BCUT2D eigenvalue weighted by atomic mass is 10.1. The number of rotatable bonds is 4. The van der Waals surface area contributed by atoms with Crippen molar-refractivity contribution in [2.24, 2.45) is 5.73 Å². The van der Waals surface area contributed by atoms with Crippen LogP contribution in [0, 0.1) is 11.3 Å². The second kappa shape index (κ2) is 6.37. The molecule has 0 aromatic heterocycles. The maximum absolute atomic E-state index is 8.86. The molecule has 4 heteroatoms. The van der Waals surface area contributed by atoms with E-state index in [2.05, 4.69) is 22.0 Å². The summed E-state index contributed by atoms with van der Waals surface area (Å²) in [7, 11) is 0. The van der Waals surface area contributed by atoms with Crippen molar-refractivity contribution in [3.8, 4) is 11.8 Å². The van der Waals surface area contributed by atoms with Crippen molar-refractivity contribution in [3.05, 3.63) is 63.6 Å². The van der Waals surface area contributed by atoms with Crippen LogP contribution in [0.4, 0.5) is 0 Å². The molecule has 0 unspecified atom stereocenters. The maximum Gasteiger partial charge on any atom is 0.138 e. The van der Waals surface area contributed by atoms with Crippen molar-refractivity contribution in [1.82, 2.24) is 0 Å². The Morgan fingerprint density at radius 1 is 1.21 bits per heavy atom. The van der Waals surface area contributed by atoms with E-state index in [1.54, 1.807) is 6.07 Å². The molecule has 0 amide bonds. The lowest BCUT2D eigenvalue weighted by Crippen LogP contribution is -2.03.